The molecule has 1 fully saturated rings. The van der Waals surface area contributed by atoms with Gasteiger partial charge in [0.05, 0.1) is 0 Å². The van der Waals surface area contributed by atoms with E-state index >= 15 is 0 Å². The zero-order valence-corrected chi connectivity index (χ0v) is 5.73. The molecule has 0 amide bonds. The van der Waals surface area contributed by atoms with E-state index in [2.05, 4.69) is 4.90 Å². The maximum absolute atomic E-state index is 10.9. The van der Waals surface area contributed by atoms with Gasteiger partial charge in [-0.3, -0.25) is 4.79 Å². The van der Waals surface area contributed by atoms with Crippen LogP contribution in [0.5, 0.6) is 0 Å². The monoisotopic (exact) mass is 141 g/mol. The zero-order valence-electron chi connectivity index (χ0n) is 4.91. The fraction of sp³-hybridized carbons (Fsp3) is 0.500. The highest BCUT2D eigenvalue weighted by Crippen LogP contribution is 2.28. The van der Waals surface area contributed by atoms with Crippen LogP contribution in [0.3, 0.4) is 0 Å². The molecule has 0 saturated carbocycles. The van der Waals surface area contributed by atoms with Crippen LogP contribution in [0.15, 0.2) is 12.3 Å². The van der Waals surface area contributed by atoms with Crippen LogP contribution in [0, 0.1) is 0 Å². The third-order valence-electron chi connectivity index (χ3n) is 1.60. The van der Waals surface area contributed by atoms with Crippen molar-refractivity contribution >= 4 is 17.5 Å². The quantitative estimate of drug-likeness (QED) is 0.488. The average Bonchev–Trinajstić information content (AvgIpc) is 2.35. The Morgan fingerprint density at radius 3 is 3.44 bits per heavy atom. The number of fused-ring (bicyclic) bond motifs is 1. The second-order valence-corrected chi connectivity index (χ2v) is 3.37. The highest BCUT2D eigenvalue weighted by molar-refractivity contribution is 8.00. The number of nitrogens with zero attached hydrogens (tertiary/aromatic N) is 1. The summed E-state index contributed by atoms with van der Waals surface area (Å²) in [5.74, 6) is 1.36. The van der Waals surface area contributed by atoms with Crippen LogP contribution in [0.2, 0.25) is 0 Å². The molecule has 2 rings (SSSR count). The lowest BCUT2D eigenvalue weighted by Gasteiger charge is -2.11. The van der Waals surface area contributed by atoms with E-state index in [0.29, 0.717) is 0 Å². The molecule has 9 heavy (non-hydrogen) atoms. The molecular weight excluding hydrogens is 134 g/mol. The van der Waals surface area contributed by atoms with Crippen LogP contribution in [0.1, 0.15) is 0 Å². The number of hydrogen-bond acceptors (Lipinski definition) is 3. The Balaban J connectivity index is 2.24. The average molecular weight is 141 g/mol. The van der Waals surface area contributed by atoms with Crippen molar-refractivity contribution in [1.82, 2.24) is 4.90 Å². The van der Waals surface area contributed by atoms with Crippen LogP contribution in [-0.4, -0.2) is 28.4 Å². The number of thioether (sulfide) groups is 1. The highest BCUT2D eigenvalue weighted by Gasteiger charge is 2.31. The minimum atomic E-state index is 0.144. The molecule has 0 bridgehead atoms. The number of carbonyl (C=O) groups excluding carboxylic acids is 1. The predicted octanol–water partition coefficient (Wildman–Crippen LogP) is 0.458. The molecule has 0 N–H and O–H groups in total. The zero-order chi connectivity index (χ0) is 6.27. The summed E-state index contributed by atoms with van der Waals surface area (Å²) in [4.78, 5) is 13.0. The molecule has 3 heteroatoms. The number of carbonyl (C=O) groups is 1. The molecule has 0 aromatic rings. The molecule has 0 spiro atoms. The van der Waals surface area contributed by atoms with Gasteiger partial charge in [0.25, 0.3) is 0 Å². The SMILES string of the molecule is O=C1C=CN2CCSC12. The van der Waals surface area contributed by atoms with Crippen molar-refractivity contribution in [3.8, 4) is 0 Å². The third-order valence-corrected chi connectivity index (χ3v) is 2.84. The fourth-order valence-electron chi connectivity index (χ4n) is 1.13. The molecule has 2 aliphatic heterocycles. The highest BCUT2D eigenvalue weighted by atomic mass is 32.2. The maximum Gasteiger partial charge on any atom is 0.189 e. The summed E-state index contributed by atoms with van der Waals surface area (Å²) in [5.41, 5.74) is 0. The first-order chi connectivity index (χ1) is 4.38. The largest absolute Gasteiger partial charge is 0.358 e. The third kappa shape index (κ3) is 0.678. The normalized spacial score (nSPS) is 31.8. The summed E-state index contributed by atoms with van der Waals surface area (Å²) in [6.07, 6.45) is 3.56. The molecule has 48 valence electrons. The van der Waals surface area contributed by atoms with E-state index in [1.54, 1.807) is 17.8 Å². The molecule has 0 aromatic carbocycles. The first kappa shape index (κ1) is 5.35. The van der Waals surface area contributed by atoms with Gasteiger partial charge in [0.2, 0.25) is 0 Å². The Morgan fingerprint density at radius 2 is 2.67 bits per heavy atom. The number of ketones is 1. The van der Waals surface area contributed by atoms with E-state index < -0.39 is 0 Å². The van der Waals surface area contributed by atoms with E-state index in [1.807, 2.05) is 6.20 Å². The molecule has 1 atom stereocenters. The van der Waals surface area contributed by atoms with Gasteiger partial charge in [-0.2, -0.15) is 0 Å². The van der Waals surface area contributed by atoms with E-state index in [1.165, 1.54) is 0 Å². The van der Waals surface area contributed by atoms with Gasteiger partial charge >= 0.3 is 0 Å². The molecule has 2 aliphatic rings. The fourth-order valence-corrected chi connectivity index (χ4v) is 2.28. The van der Waals surface area contributed by atoms with Gasteiger partial charge < -0.3 is 4.90 Å². The second-order valence-electron chi connectivity index (χ2n) is 2.18. The first-order valence-electron chi connectivity index (χ1n) is 2.97. The lowest BCUT2D eigenvalue weighted by atomic mass is 10.4. The minimum Gasteiger partial charge on any atom is -0.358 e. The molecule has 2 heterocycles. The van der Waals surface area contributed by atoms with Crippen molar-refractivity contribution in [2.75, 3.05) is 12.3 Å². The van der Waals surface area contributed by atoms with Crippen LogP contribution in [0.25, 0.3) is 0 Å². The van der Waals surface area contributed by atoms with Crippen LogP contribution >= 0.6 is 11.8 Å². The minimum absolute atomic E-state index is 0.144. The molecule has 0 radical (unpaired) electrons. The van der Waals surface area contributed by atoms with E-state index in [4.69, 9.17) is 0 Å². The van der Waals surface area contributed by atoms with Crippen LogP contribution < -0.4 is 0 Å². The van der Waals surface area contributed by atoms with Crippen molar-refractivity contribution in [3.63, 3.8) is 0 Å². The van der Waals surface area contributed by atoms with Crippen LogP contribution in [-0.2, 0) is 4.79 Å². The molecule has 0 aliphatic carbocycles. The van der Waals surface area contributed by atoms with Crippen LogP contribution in [0.4, 0.5) is 0 Å². The van der Waals surface area contributed by atoms with E-state index in [-0.39, 0.29) is 11.2 Å². The Labute approximate surface area is 57.9 Å². The second kappa shape index (κ2) is 1.77. The van der Waals surface area contributed by atoms with Crippen molar-refractivity contribution in [1.29, 1.82) is 0 Å². The van der Waals surface area contributed by atoms with Gasteiger partial charge in [-0.05, 0) is 0 Å². The molecule has 2 nitrogen and oxygen atoms in total. The lowest BCUT2D eigenvalue weighted by molar-refractivity contribution is -0.114. The van der Waals surface area contributed by atoms with Gasteiger partial charge in [0.15, 0.2) is 5.78 Å². The summed E-state index contributed by atoms with van der Waals surface area (Å²) in [6.45, 7) is 1.04. The molecule has 1 unspecified atom stereocenters. The van der Waals surface area contributed by atoms with E-state index in [9.17, 15) is 4.79 Å². The van der Waals surface area contributed by atoms with Crippen molar-refractivity contribution < 1.29 is 4.79 Å². The summed E-state index contributed by atoms with van der Waals surface area (Å²) < 4.78 is 0. The van der Waals surface area contributed by atoms with Gasteiger partial charge in [-0.1, -0.05) is 0 Å². The number of hydrogen-bond donors (Lipinski definition) is 0. The van der Waals surface area contributed by atoms with Gasteiger partial charge in [-0.25, -0.2) is 0 Å². The Bertz CT molecular complexity index is 178. The van der Waals surface area contributed by atoms with Gasteiger partial charge in [0, 0.05) is 24.6 Å². The summed E-state index contributed by atoms with van der Waals surface area (Å²) in [7, 11) is 0. The first-order valence-corrected chi connectivity index (χ1v) is 4.02. The Kier molecular flexibility index (Phi) is 1.05. The van der Waals surface area contributed by atoms with E-state index in [0.717, 1.165) is 12.3 Å². The van der Waals surface area contributed by atoms with Gasteiger partial charge in [-0.15, -0.1) is 11.8 Å². The topological polar surface area (TPSA) is 20.3 Å². The van der Waals surface area contributed by atoms with Gasteiger partial charge in [0.1, 0.15) is 5.37 Å². The van der Waals surface area contributed by atoms with Crippen molar-refractivity contribution in [2.45, 2.75) is 5.37 Å². The standard InChI is InChI=1S/C6H7NOS/c8-5-1-2-7-3-4-9-6(5)7/h1-2,6H,3-4H2. The summed E-state index contributed by atoms with van der Waals surface area (Å²) >= 11 is 1.73. The summed E-state index contributed by atoms with van der Waals surface area (Å²) in [6, 6.07) is 0. The molecule has 1 saturated heterocycles. The number of rotatable bonds is 0. The van der Waals surface area contributed by atoms with Crippen molar-refractivity contribution in [3.05, 3.63) is 12.3 Å². The predicted molar refractivity (Wildman–Crippen MR) is 37.1 cm³/mol. The smallest absolute Gasteiger partial charge is 0.189 e. The lowest BCUT2D eigenvalue weighted by Crippen LogP contribution is -2.22. The summed E-state index contributed by atoms with van der Waals surface area (Å²) in [5, 5.41) is 0.144. The molecule has 0 aromatic heterocycles. The Morgan fingerprint density at radius 1 is 1.78 bits per heavy atom. The Hall–Kier alpha value is -0.440. The molecular formula is C6H7NOS. The van der Waals surface area contributed by atoms with Crippen molar-refractivity contribution in [2.24, 2.45) is 0 Å². The maximum atomic E-state index is 10.9.